The molecule has 0 saturated carbocycles. The third kappa shape index (κ3) is 2.69. The molecular weight excluding hydrogens is 201 g/mol. The fourth-order valence-corrected chi connectivity index (χ4v) is 1.51. The minimum absolute atomic E-state index is 0.217. The lowest BCUT2D eigenvalue weighted by Gasteiger charge is -2.10. The number of nitrogens with two attached hydrogens (primary N) is 1. The van der Waals surface area contributed by atoms with E-state index in [1.54, 1.807) is 0 Å². The van der Waals surface area contributed by atoms with Gasteiger partial charge in [0.05, 0.1) is 5.02 Å². The first-order valence-electron chi connectivity index (χ1n) is 4.69. The molecule has 0 aliphatic rings. The van der Waals surface area contributed by atoms with Crippen LogP contribution in [0.5, 0.6) is 0 Å². The van der Waals surface area contributed by atoms with Gasteiger partial charge >= 0.3 is 0 Å². The highest BCUT2D eigenvalue weighted by atomic mass is 35.5. The number of benzene rings is 1. The Morgan fingerprint density at radius 2 is 2.14 bits per heavy atom. The second kappa shape index (κ2) is 4.76. The first-order valence-corrected chi connectivity index (χ1v) is 5.07. The van der Waals surface area contributed by atoms with Gasteiger partial charge in [0.2, 0.25) is 0 Å². The van der Waals surface area contributed by atoms with Crippen LogP contribution in [0.15, 0.2) is 12.1 Å². The summed E-state index contributed by atoms with van der Waals surface area (Å²) in [5.41, 5.74) is 7.25. The van der Waals surface area contributed by atoms with Gasteiger partial charge in [-0.2, -0.15) is 0 Å². The van der Waals surface area contributed by atoms with Crippen molar-refractivity contribution in [1.29, 1.82) is 0 Å². The Labute approximate surface area is 89.1 Å². The molecule has 1 nitrogen and oxygen atoms in total. The van der Waals surface area contributed by atoms with E-state index >= 15 is 0 Å². The van der Waals surface area contributed by atoms with Crippen molar-refractivity contribution >= 4 is 11.6 Å². The van der Waals surface area contributed by atoms with Gasteiger partial charge in [0.15, 0.2) is 0 Å². The van der Waals surface area contributed by atoms with Crippen LogP contribution in [0.25, 0.3) is 0 Å². The molecule has 1 aromatic rings. The zero-order valence-corrected chi connectivity index (χ0v) is 9.24. The van der Waals surface area contributed by atoms with Crippen molar-refractivity contribution in [3.63, 3.8) is 0 Å². The van der Waals surface area contributed by atoms with Crippen LogP contribution >= 0.6 is 11.6 Å². The van der Waals surface area contributed by atoms with Crippen LogP contribution in [0.1, 0.15) is 18.1 Å². The molecule has 2 N–H and O–H groups in total. The summed E-state index contributed by atoms with van der Waals surface area (Å²) in [6.07, 6.45) is 0.797. The van der Waals surface area contributed by atoms with E-state index < -0.39 is 0 Å². The Hall–Kier alpha value is -0.600. The molecule has 0 saturated heterocycles. The van der Waals surface area contributed by atoms with Gasteiger partial charge in [-0.1, -0.05) is 24.6 Å². The van der Waals surface area contributed by atoms with Crippen molar-refractivity contribution in [1.82, 2.24) is 0 Å². The van der Waals surface area contributed by atoms with E-state index in [1.807, 2.05) is 19.9 Å². The first kappa shape index (κ1) is 11.5. The first-order chi connectivity index (χ1) is 6.54. The zero-order chi connectivity index (χ0) is 10.7. The average Bonchev–Trinajstić information content (AvgIpc) is 2.14. The van der Waals surface area contributed by atoms with Crippen LogP contribution in [0, 0.1) is 18.7 Å². The fraction of sp³-hybridized carbons (Fsp3) is 0.455. The van der Waals surface area contributed by atoms with E-state index in [2.05, 4.69) is 0 Å². The average molecular weight is 216 g/mol. The monoisotopic (exact) mass is 215 g/mol. The van der Waals surface area contributed by atoms with Crippen LogP contribution in [-0.4, -0.2) is 6.54 Å². The largest absolute Gasteiger partial charge is 0.330 e. The maximum Gasteiger partial charge on any atom is 0.142 e. The summed E-state index contributed by atoms with van der Waals surface area (Å²) in [7, 11) is 0. The van der Waals surface area contributed by atoms with Crippen molar-refractivity contribution < 1.29 is 4.39 Å². The van der Waals surface area contributed by atoms with Gasteiger partial charge in [0.1, 0.15) is 5.82 Å². The minimum Gasteiger partial charge on any atom is -0.330 e. The molecule has 1 aromatic carbocycles. The van der Waals surface area contributed by atoms with Gasteiger partial charge < -0.3 is 5.73 Å². The number of hydrogen-bond acceptors (Lipinski definition) is 1. The van der Waals surface area contributed by atoms with Crippen molar-refractivity contribution in [3.05, 3.63) is 34.1 Å². The summed E-state index contributed by atoms with van der Waals surface area (Å²) in [6.45, 7) is 4.47. The van der Waals surface area contributed by atoms with E-state index in [9.17, 15) is 4.39 Å². The van der Waals surface area contributed by atoms with E-state index in [-0.39, 0.29) is 10.8 Å². The van der Waals surface area contributed by atoms with Crippen LogP contribution in [-0.2, 0) is 6.42 Å². The van der Waals surface area contributed by atoms with Gasteiger partial charge in [-0.05, 0) is 43.0 Å². The zero-order valence-electron chi connectivity index (χ0n) is 8.48. The smallest absolute Gasteiger partial charge is 0.142 e. The minimum atomic E-state index is -0.342. The van der Waals surface area contributed by atoms with Gasteiger partial charge in [0, 0.05) is 0 Å². The summed E-state index contributed by atoms with van der Waals surface area (Å²) in [6, 6.07) is 3.40. The molecule has 1 rings (SSSR count). The number of halogens is 2. The molecule has 0 amide bonds. The second-order valence-electron chi connectivity index (χ2n) is 3.75. The lowest BCUT2D eigenvalue weighted by atomic mass is 10.00. The van der Waals surface area contributed by atoms with E-state index in [0.29, 0.717) is 12.5 Å². The molecule has 78 valence electrons. The van der Waals surface area contributed by atoms with Crippen LogP contribution < -0.4 is 5.73 Å². The van der Waals surface area contributed by atoms with Gasteiger partial charge in [0.25, 0.3) is 0 Å². The maximum atomic E-state index is 13.2. The number of aryl methyl sites for hydroxylation is 1. The molecule has 0 bridgehead atoms. The van der Waals surface area contributed by atoms with E-state index in [4.69, 9.17) is 17.3 Å². The predicted molar refractivity (Wildman–Crippen MR) is 58.1 cm³/mol. The molecule has 0 aromatic heterocycles. The number of rotatable bonds is 3. The summed E-state index contributed by atoms with van der Waals surface area (Å²) in [4.78, 5) is 0. The van der Waals surface area contributed by atoms with Gasteiger partial charge in [-0.25, -0.2) is 4.39 Å². The van der Waals surface area contributed by atoms with Crippen LogP contribution in [0.3, 0.4) is 0 Å². The molecular formula is C11H15ClFN. The lowest BCUT2D eigenvalue weighted by molar-refractivity contribution is 0.583. The molecule has 0 aliphatic carbocycles. The standard InChI is InChI=1S/C11H15ClFN/c1-7(6-14)3-9-4-8(2)11(12)10(13)5-9/h4-5,7H,3,6,14H2,1-2H3. The normalized spacial score (nSPS) is 12.9. The summed E-state index contributed by atoms with van der Waals surface area (Å²) in [5, 5.41) is 0.217. The summed E-state index contributed by atoms with van der Waals surface area (Å²) >= 11 is 5.72. The fourth-order valence-electron chi connectivity index (χ4n) is 1.40. The third-order valence-corrected chi connectivity index (χ3v) is 2.74. The van der Waals surface area contributed by atoms with Crippen molar-refractivity contribution in [3.8, 4) is 0 Å². The Kier molecular flexibility index (Phi) is 3.90. The molecule has 1 unspecified atom stereocenters. The topological polar surface area (TPSA) is 26.0 Å². The lowest BCUT2D eigenvalue weighted by Crippen LogP contribution is -2.13. The van der Waals surface area contributed by atoms with Crippen LogP contribution in [0.4, 0.5) is 4.39 Å². The molecule has 0 heterocycles. The maximum absolute atomic E-state index is 13.2. The highest BCUT2D eigenvalue weighted by Gasteiger charge is 2.07. The van der Waals surface area contributed by atoms with E-state index in [0.717, 1.165) is 17.5 Å². The Morgan fingerprint density at radius 1 is 1.50 bits per heavy atom. The molecule has 0 radical (unpaired) electrons. The van der Waals surface area contributed by atoms with Crippen molar-refractivity contribution in [2.24, 2.45) is 11.7 Å². The van der Waals surface area contributed by atoms with E-state index in [1.165, 1.54) is 6.07 Å². The molecule has 0 spiro atoms. The van der Waals surface area contributed by atoms with Crippen molar-refractivity contribution in [2.45, 2.75) is 20.3 Å². The molecule has 3 heteroatoms. The molecule has 1 atom stereocenters. The molecule has 14 heavy (non-hydrogen) atoms. The quantitative estimate of drug-likeness (QED) is 0.825. The number of hydrogen-bond donors (Lipinski definition) is 1. The SMILES string of the molecule is Cc1cc(CC(C)CN)cc(F)c1Cl. The third-order valence-electron chi connectivity index (χ3n) is 2.26. The van der Waals surface area contributed by atoms with Crippen LogP contribution in [0.2, 0.25) is 5.02 Å². The van der Waals surface area contributed by atoms with Gasteiger partial charge in [-0.15, -0.1) is 0 Å². The molecule has 0 fully saturated rings. The second-order valence-corrected chi connectivity index (χ2v) is 4.13. The highest BCUT2D eigenvalue weighted by Crippen LogP contribution is 2.22. The summed E-state index contributed by atoms with van der Waals surface area (Å²) < 4.78 is 13.2. The summed E-state index contributed by atoms with van der Waals surface area (Å²) in [5.74, 6) is 0.0286. The highest BCUT2D eigenvalue weighted by molar-refractivity contribution is 6.31. The Morgan fingerprint density at radius 3 is 2.64 bits per heavy atom. The molecule has 0 aliphatic heterocycles. The Balaban J connectivity index is 2.89. The predicted octanol–water partition coefficient (Wildman–Crippen LogP) is 2.92. The van der Waals surface area contributed by atoms with Gasteiger partial charge in [-0.3, -0.25) is 0 Å². The Bertz CT molecular complexity index is 302. The van der Waals surface area contributed by atoms with Crippen molar-refractivity contribution in [2.75, 3.05) is 6.54 Å².